The van der Waals surface area contributed by atoms with Gasteiger partial charge in [-0.2, -0.15) is 0 Å². The highest BCUT2D eigenvalue weighted by molar-refractivity contribution is 6.35. The van der Waals surface area contributed by atoms with Crippen LogP contribution in [-0.4, -0.2) is 27.8 Å². The van der Waals surface area contributed by atoms with Crippen molar-refractivity contribution in [2.75, 3.05) is 7.05 Å². The Morgan fingerprint density at radius 3 is 2.84 bits per heavy atom. The van der Waals surface area contributed by atoms with E-state index in [1.807, 2.05) is 12.1 Å². The molecule has 0 radical (unpaired) electrons. The van der Waals surface area contributed by atoms with Gasteiger partial charge in [0, 0.05) is 32.2 Å². The Morgan fingerprint density at radius 1 is 1.37 bits per heavy atom. The Balaban J connectivity index is 2.17. The molecular formula is C13H11Cl2N3O. The van der Waals surface area contributed by atoms with Gasteiger partial charge in [0.2, 0.25) is 0 Å². The molecule has 0 unspecified atom stereocenters. The van der Waals surface area contributed by atoms with Crippen molar-refractivity contribution >= 4 is 29.1 Å². The van der Waals surface area contributed by atoms with E-state index in [4.69, 9.17) is 23.2 Å². The van der Waals surface area contributed by atoms with Gasteiger partial charge in [-0.25, -0.2) is 4.98 Å². The standard InChI is InChI=1S/C13H11Cl2N3O/c1-18(8-9-3-2-4-16-6-9)13(19)10-5-12(15)17-7-11(10)14/h2-7H,8H2,1H3. The number of nitrogens with zero attached hydrogens (tertiary/aromatic N) is 3. The molecule has 0 saturated heterocycles. The summed E-state index contributed by atoms with van der Waals surface area (Å²) in [4.78, 5) is 21.6. The summed E-state index contributed by atoms with van der Waals surface area (Å²) in [6.07, 6.45) is 4.77. The molecule has 2 heterocycles. The van der Waals surface area contributed by atoms with Crippen molar-refractivity contribution in [1.29, 1.82) is 0 Å². The molecule has 0 fully saturated rings. The van der Waals surface area contributed by atoms with Crippen molar-refractivity contribution in [3.63, 3.8) is 0 Å². The molecular weight excluding hydrogens is 285 g/mol. The number of pyridine rings is 2. The third-order valence-corrected chi connectivity index (χ3v) is 3.05. The summed E-state index contributed by atoms with van der Waals surface area (Å²) in [6, 6.07) is 5.19. The SMILES string of the molecule is CN(Cc1cccnc1)C(=O)c1cc(Cl)ncc1Cl. The molecule has 0 spiro atoms. The van der Waals surface area contributed by atoms with E-state index in [-0.39, 0.29) is 16.1 Å². The zero-order valence-corrected chi connectivity index (χ0v) is 11.7. The molecule has 0 saturated carbocycles. The quantitative estimate of drug-likeness (QED) is 0.818. The van der Waals surface area contributed by atoms with Crippen LogP contribution in [0.4, 0.5) is 0 Å². The molecule has 0 aliphatic carbocycles. The van der Waals surface area contributed by atoms with Crippen molar-refractivity contribution in [2.45, 2.75) is 6.54 Å². The summed E-state index contributed by atoms with van der Waals surface area (Å²) in [7, 11) is 1.69. The smallest absolute Gasteiger partial charge is 0.255 e. The normalized spacial score (nSPS) is 10.3. The predicted octanol–water partition coefficient (Wildman–Crippen LogP) is 3.06. The fourth-order valence-corrected chi connectivity index (χ4v) is 1.96. The minimum absolute atomic E-state index is 0.210. The van der Waals surface area contributed by atoms with Crippen LogP contribution < -0.4 is 0 Å². The lowest BCUT2D eigenvalue weighted by molar-refractivity contribution is 0.0785. The van der Waals surface area contributed by atoms with E-state index in [9.17, 15) is 4.79 Å². The minimum Gasteiger partial charge on any atom is -0.337 e. The third-order valence-electron chi connectivity index (χ3n) is 2.54. The number of aromatic nitrogens is 2. The topological polar surface area (TPSA) is 46.1 Å². The van der Waals surface area contributed by atoms with E-state index in [1.54, 1.807) is 24.3 Å². The van der Waals surface area contributed by atoms with Gasteiger partial charge in [-0.15, -0.1) is 0 Å². The van der Waals surface area contributed by atoms with E-state index in [0.29, 0.717) is 12.1 Å². The number of halogens is 2. The molecule has 0 aromatic carbocycles. The highest BCUT2D eigenvalue weighted by atomic mass is 35.5. The Labute approximate surface area is 121 Å². The minimum atomic E-state index is -0.210. The molecule has 98 valence electrons. The first-order chi connectivity index (χ1) is 9.08. The first kappa shape index (κ1) is 13.8. The number of carbonyl (C=O) groups is 1. The molecule has 0 atom stereocenters. The lowest BCUT2D eigenvalue weighted by Gasteiger charge is -2.17. The van der Waals surface area contributed by atoms with Crippen molar-refractivity contribution in [3.8, 4) is 0 Å². The van der Waals surface area contributed by atoms with Crippen LogP contribution in [0.1, 0.15) is 15.9 Å². The molecule has 6 heteroatoms. The maximum atomic E-state index is 12.3. The highest BCUT2D eigenvalue weighted by Crippen LogP contribution is 2.20. The summed E-state index contributed by atoms with van der Waals surface area (Å²) in [6.45, 7) is 0.447. The van der Waals surface area contributed by atoms with E-state index < -0.39 is 0 Å². The lowest BCUT2D eigenvalue weighted by Crippen LogP contribution is -2.26. The van der Waals surface area contributed by atoms with E-state index in [2.05, 4.69) is 9.97 Å². The lowest BCUT2D eigenvalue weighted by atomic mass is 10.2. The monoisotopic (exact) mass is 295 g/mol. The molecule has 2 aromatic rings. The summed E-state index contributed by atoms with van der Waals surface area (Å²) in [5.41, 5.74) is 1.28. The maximum absolute atomic E-state index is 12.3. The summed E-state index contributed by atoms with van der Waals surface area (Å²) < 4.78 is 0. The van der Waals surface area contributed by atoms with Crippen LogP contribution in [0, 0.1) is 0 Å². The van der Waals surface area contributed by atoms with Gasteiger partial charge in [-0.1, -0.05) is 29.3 Å². The number of hydrogen-bond acceptors (Lipinski definition) is 3. The fraction of sp³-hybridized carbons (Fsp3) is 0.154. The van der Waals surface area contributed by atoms with Gasteiger partial charge < -0.3 is 4.90 Å². The third kappa shape index (κ3) is 3.43. The van der Waals surface area contributed by atoms with Gasteiger partial charge in [0.1, 0.15) is 5.15 Å². The van der Waals surface area contributed by atoms with Gasteiger partial charge in [-0.05, 0) is 17.7 Å². The first-order valence-electron chi connectivity index (χ1n) is 5.53. The number of amides is 1. The van der Waals surface area contributed by atoms with Crippen molar-refractivity contribution in [2.24, 2.45) is 0 Å². The highest BCUT2D eigenvalue weighted by Gasteiger charge is 2.16. The largest absolute Gasteiger partial charge is 0.337 e. The second-order valence-corrected chi connectivity index (χ2v) is 4.80. The zero-order chi connectivity index (χ0) is 13.8. The molecule has 2 rings (SSSR count). The van der Waals surface area contributed by atoms with Gasteiger partial charge in [0.25, 0.3) is 5.91 Å². The van der Waals surface area contributed by atoms with Crippen LogP contribution in [0.25, 0.3) is 0 Å². The Hall–Kier alpha value is -1.65. The van der Waals surface area contributed by atoms with Gasteiger partial charge in [-0.3, -0.25) is 9.78 Å². The van der Waals surface area contributed by atoms with Crippen LogP contribution in [0.3, 0.4) is 0 Å². The maximum Gasteiger partial charge on any atom is 0.255 e. The van der Waals surface area contributed by atoms with Crippen LogP contribution in [0.5, 0.6) is 0 Å². The van der Waals surface area contributed by atoms with Crippen LogP contribution in [0.2, 0.25) is 10.2 Å². The van der Waals surface area contributed by atoms with Gasteiger partial charge in [0.05, 0.1) is 10.6 Å². The number of hydrogen-bond donors (Lipinski definition) is 0. The molecule has 4 nitrogen and oxygen atoms in total. The van der Waals surface area contributed by atoms with E-state index >= 15 is 0 Å². The summed E-state index contributed by atoms with van der Waals surface area (Å²) in [5, 5.41) is 0.523. The van der Waals surface area contributed by atoms with E-state index in [0.717, 1.165) is 5.56 Å². The molecule has 0 aliphatic heterocycles. The first-order valence-corrected chi connectivity index (χ1v) is 6.29. The fourth-order valence-electron chi connectivity index (χ4n) is 1.62. The van der Waals surface area contributed by atoms with Crippen molar-refractivity contribution < 1.29 is 4.79 Å². The molecule has 19 heavy (non-hydrogen) atoms. The molecule has 1 amide bonds. The van der Waals surface area contributed by atoms with E-state index in [1.165, 1.54) is 12.3 Å². The average Bonchev–Trinajstić information content (AvgIpc) is 2.42. The molecule has 0 aliphatic rings. The van der Waals surface area contributed by atoms with Gasteiger partial charge in [0.15, 0.2) is 0 Å². The number of carbonyl (C=O) groups excluding carboxylic acids is 1. The van der Waals surface area contributed by atoms with Crippen LogP contribution in [-0.2, 0) is 6.54 Å². The molecule has 2 aromatic heterocycles. The average molecular weight is 296 g/mol. The van der Waals surface area contributed by atoms with Crippen LogP contribution >= 0.6 is 23.2 Å². The number of rotatable bonds is 3. The molecule has 0 N–H and O–H groups in total. The van der Waals surface area contributed by atoms with Crippen molar-refractivity contribution in [3.05, 3.63) is 58.1 Å². The molecule has 0 bridgehead atoms. The summed E-state index contributed by atoms with van der Waals surface area (Å²) in [5.74, 6) is -0.210. The Bertz CT molecular complexity index is 590. The zero-order valence-electron chi connectivity index (χ0n) is 10.2. The van der Waals surface area contributed by atoms with Gasteiger partial charge >= 0.3 is 0 Å². The Kier molecular flexibility index (Phi) is 4.35. The second kappa shape index (κ2) is 5.99. The summed E-state index contributed by atoms with van der Waals surface area (Å²) >= 11 is 11.7. The predicted molar refractivity (Wildman–Crippen MR) is 74.3 cm³/mol. The second-order valence-electron chi connectivity index (χ2n) is 4.01. The Morgan fingerprint density at radius 2 is 2.16 bits per heavy atom. The van der Waals surface area contributed by atoms with Crippen molar-refractivity contribution in [1.82, 2.24) is 14.9 Å². The van der Waals surface area contributed by atoms with Crippen LogP contribution in [0.15, 0.2) is 36.8 Å².